The van der Waals surface area contributed by atoms with E-state index >= 15 is 0 Å². The molecule has 0 aliphatic rings. The smallest absolute Gasteiger partial charge is 0.471 e. The van der Waals surface area contributed by atoms with Gasteiger partial charge in [0.25, 0.3) is 5.17 Å². The molecule has 5 nitrogen and oxygen atoms in total. The second-order valence-corrected chi connectivity index (χ2v) is 7.22. The second kappa shape index (κ2) is 13.2. The van der Waals surface area contributed by atoms with Crippen molar-refractivity contribution in [2.75, 3.05) is 27.9 Å². The first-order valence-corrected chi connectivity index (χ1v) is 8.43. The minimum Gasteiger partial charge on any atom is -0.471 e. The quantitative estimate of drug-likeness (QED) is 0.421. The van der Waals surface area contributed by atoms with Crippen molar-refractivity contribution in [3.8, 4) is 0 Å². The molecule has 0 spiro atoms. The molecule has 0 atom stereocenters. The van der Waals surface area contributed by atoms with Crippen molar-refractivity contribution >= 4 is 26.2 Å². The Bertz CT molecular complexity index is 186. The third-order valence-corrected chi connectivity index (χ3v) is 5.21. The second-order valence-electron chi connectivity index (χ2n) is 3.52. The SMILES string of the molecule is CCCCCOC(N)=S.CC[Si](OC)(OC)OC. The molecule has 18 heavy (non-hydrogen) atoms. The Hall–Kier alpha value is -0.213. The van der Waals surface area contributed by atoms with Crippen LogP contribution in [0, 0.1) is 0 Å². The fourth-order valence-electron chi connectivity index (χ4n) is 1.21. The van der Waals surface area contributed by atoms with Crippen molar-refractivity contribution in [2.45, 2.75) is 39.2 Å². The van der Waals surface area contributed by atoms with Crippen LogP contribution in [0.2, 0.25) is 6.04 Å². The highest BCUT2D eigenvalue weighted by molar-refractivity contribution is 7.80. The van der Waals surface area contributed by atoms with E-state index in [9.17, 15) is 0 Å². The van der Waals surface area contributed by atoms with Gasteiger partial charge in [-0.05, 0) is 18.6 Å². The molecule has 0 aromatic carbocycles. The van der Waals surface area contributed by atoms with Crippen LogP contribution in [0.3, 0.4) is 0 Å². The molecule has 0 aliphatic carbocycles. The highest BCUT2D eigenvalue weighted by Gasteiger charge is 2.34. The number of nitrogens with two attached hydrogens (primary N) is 1. The fourth-order valence-corrected chi connectivity index (χ4v) is 2.66. The van der Waals surface area contributed by atoms with E-state index in [-0.39, 0.29) is 5.17 Å². The van der Waals surface area contributed by atoms with Crippen LogP contribution in [0.4, 0.5) is 0 Å². The normalized spacial score (nSPS) is 10.5. The lowest BCUT2D eigenvalue weighted by Crippen LogP contribution is -2.41. The predicted molar refractivity (Wildman–Crippen MR) is 79.5 cm³/mol. The molecule has 0 bridgehead atoms. The number of hydrogen-bond donors (Lipinski definition) is 1. The summed E-state index contributed by atoms with van der Waals surface area (Å²) >= 11 is 4.50. The average molecular weight is 297 g/mol. The van der Waals surface area contributed by atoms with E-state index in [4.69, 9.17) is 23.7 Å². The molecule has 0 heterocycles. The van der Waals surface area contributed by atoms with Crippen molar-refractivity contribution in [3.05, 3.63) is 0 Å². The van der Waals surface area contributed by atoms with Gasteiger partial charge in [-0.1, -0.05) is 26.7 Å². The van der Waals surface area contributed by atoms with Crippen molar-refractivity contribution < 1.29 is 18.0 Å². The van der Waals surface area contributed by atoms with E-state index in [1.165, 1.54) is 12.8 Å². The molecule has 0 amide bonds. The van der Waals surface area contributed by atoms with Crippen molar-refractivity contribution in [3.63, 3.8) is 0 Å². The average Bonchev–Trinajstić information content (AvgIpc) is 2.39. The van der Waals surface area contributed by atoms with E-state index in [0.717, 1.165) is 12.5 Å². The van der Waals surface area contributed by atoms with Crippen LogP contribution in [0.1, 0.15) is 33.1 Å². The minimum absolute atomic E-state index is 0.158. The maximum Gasteiger partial charge on any atom is 0.499 e. The molecule has 0 saturated heterocycles. The molecule has 0 unspecified atom stereocenters. The third kappa shape index (κ3) is 10.9. The first kappa shape index (κ1) is 20.1. The number of thiocarbonyl (C=S) groups is 1. The highest BCUT2D eigenvalue weighted by atomic mass is 32.1. The van der Waals surface area contributed by atoms with Gasteiger partial charge in [0.05, 0.1) is 6.61 Å². The lowest BCUT2D eigenvalue weighted by molar-refractivity contribution is 0.125. The standard InChI is InChI=1S/C6H13NOS.C5H14O3Si/c1-2-3-4-5-8-6(7)9;1-5-9(6-2,7-3)8-4/h2-5H2,1H3,(H2,7,9);5H2,1-4H3. The lowest BCUT2D eigenvalue weighted by Gasteiger charge is -2.22. The summed E-state index contributed by atoms with van der Waals surface area (Å²) in [5.74, 6) is 0. The zero-order valence-corrected chi connectivity index (χ0v) is 14.0. The van der Waals surface area contributed by atoms with E-state index in [1.54, 1.807) is 21.3 Å². The zero-order valence-electron chi connectivity index (χ0n) is 12.2. The Morgan fingerprint density at radius 3 is 1.78 bits per heavy atom. The summed E-state index contributed by atoms with van der Waals surface area (Å²) in [6.07, 6.45) is 3.43. The molecule has 0 saturated carbocycles. The molecule has 0 aromatic heterocycles. The summed E-state index contributed by atoms with van der Waals surface area (Å²) in [6.45, 7) is 4.80. The Morgan fingerprint density at radius 2 is 1.56 bits per heavy atom. The fraction of sp³-hybridized carbons (Fsp3) is 0.909. The van der Waals surface area contributed by atoms with E-state index in [2.05, 4.69) is 19.1 Å². The molecule has 0 radical (unpaired) electrons. The topological polar surface area (TPSA) is 62.9 Å². The minimum atomic E-state index is -2.19. The molecule has 0 rings (SSSR count). The van der Waals surface area contributed by atoms with Gasteiger partial charge in [0.1, 0.15) is 0 Å². The van der Waals surface area contributed by atoms with Gasteiger partial charge in [-0.2, -0.15) is 0 Å². The molecular weight excluding hydrogens is 270 g/mol. The van der Waals surface area contributed by atoms with Gasteiger partial charge < -0.3 is 23.7 Å². The number of rotatable bonds is 8. The molecule has 0 aliphatic heterocycles. The van der Waals surface area contributed by atoms with Crippen LogP contribution >= 0.6 is 12.2 Å². The lowest BCUT2D eigenvalue weighted by atomic mass is 10.3. The zero-order chi connectivity index (χ0) is 14.4. The van der Waals surface area contributed by atoms with Gasteiger partial charge in [0, 0.05) is 27.4 Å². The molecule has 0 fully saturated rings. The van der Waals surface area contributed by atoms with E-state index in [0.29, 0.717) is 6.61 Å². The number of ether oxygens (including phenoxy) is 1. The van der Waals surface area contributed by atoms with Gasteiger partial charge in [-0.3, -0.25) is 0 Å². The van der Waals surface area contributed by atoms with Crippen molar-refractivity contribution in [2.24, 2.45) is 5.73 Å². The van der Waals surface area contributed by atoms with Crippen LogP contribution in [0.15, 0.2) is 0 Å². The molecule has 7 heteroatoms. The maximum atomic E-state index is 5.08. The van der Waals surface area contributed by atoms with Crippen LogP contribution in [-0.4, -0.2) is 41.9 Å². The Balaban J connectivity index is 0. The van der Waals surface area contributed by atoms with Gasteiger partial charge in [0.15, 0.2) is 0 Å². The first-order chi connectivity index (χ1) is 8.51. The summed E-state index contributed by atoms with van der Waals surface area (Å²) in [7, 11) is 2.65. The Kier molecular flexibility index (Phi) is 14.8. The molecule has 110 valence electrons. The van der Waals surface area contributed by atoms with Crippen LogP contribution in [0.25, 0.3) is 0 Å². The largest absolute Gasteiger partial charge is 0.499 e. The first-order valence-electron chi connectivity index (χ1n) is 6.09. The number of unbranched alkanes of at least 4 members (excludes halogenated alkanes) is 2. The molecule has 0 aromatic rings. The molecule has 2 N–H and O–H groups in total. The summed E-state index contributed by atoms with van der Waals surface area (Å²) in [5.41, 5.74) is 5.08. The Morgan fingerprint density at radius 1 is 1.06 bits per heavy atom. The third-order valence-electron chi connectivity index (χ3n) is 2.36. The van der Waals surface area contributed by atoms with Crippen LogP contribution in [0.5, 0.6) is 0 Å². The highest BCUT2D eigenvalue weighted by Crippen LogP contribution is 2.10. The van der Waals surface area contributed by atoms with Gasteiger partial charge in [0.2, 0.25) is 0 Å². The monoisotopic (exact) mass is 297 g/mol. The maximum absolute atomic E-state index is 5.08. The molecular formula is C11H27NO4SSi. The van der Waals surface area contributed by atoms with Gasteiger partial charge in [-0.25, -0.2) is 0 Å². The van der Waals surface area contributed by atoms with Crippen molar-refractivity contribution in [1.29, 1.82) is 0 Å². The van der Waals surface area contributed by atoms with E-state index < -0.39 is 8.80 Å². The summed E-state index contributed by atoms with van der Waals surface area (Å²) in [6, 6.07) is 0.816. The van der Waals surface area contributed by atoms with Crippen LogP contribution in [-0.2, 0) is 18.0 Å². The Labute approximate surface area is 117 Å². The summed E-state index contributed by atoms with van der Waals surface area (Å²) in [4.78, 5) is 0. The van der Waals surface area contributed by atoms with Gasteiger partial charge >= 0.3 is 8.80 Å². The van der Waals surface area contributed by atoms with Crippen LogP contribution < -0.4 is 5.73 Å². The number of hydrogen-bond acceptors (Lipinski definition) is 5. The summed E-state index contributed by atoms with van der Waals surface area (Å²) in [5, 5.41) is 0.158. The van der Waals surface area contributed by atoms with E-state index in [1.807, 2.05) is 6.92 Å². The summed E-state index contributed by atoms with van der Waals surface area (Å²) < 4.78 is 20.1. The predicted octanol–water partition coefficient (Wildman–Crippen LogP) is 2.32. The van der Waals surface area contributed by atoms with Crippen molar-refractivity contribution in [1.82, 2.24) is 0 Å². The van der Waals surface area contributed by atoms with Gasteiger partial charge in [-0.15, -0.1) is 0 Å².